The number of nitrogens with two attached hydrogens (primary N) is 1. The van der Waals surface area contributed by atoms with Gasteiger partial charge in [-0.3, -0.25) is 0 Å². The van der Waals surface area contributed by atoms with E-state index in [1.165, 1.54) is 13.3 Å². The monoisotopic (exact) mass is 276 g/mol. The van der Waals surface area contributed by atoms with E-state index < -0.39 is 10.0 Å². The molecule has 104 valence electrons. The van der Waals surface area contributed by atoms with Crippen LogP contribution >= 0.6 is 0 Å². The highest BCUT2D eigenvalue weighted by Gasteiger charge is 2.22. The molecule has 3 N–H and O–H groups in total. The topological polar surface area (TPSA) is 99.2 Å². The zero-order valence-corrected chi connectivity index (χ0v) is 11.7. The number of ether oxygens (including phenoxy) is 1. The lowest BCUT2D eigenvalue weighted by Gasteiger charge is -2.16. The van der Waals surface area contributed by atoms with Crippen molar-refractivity contribution in [3.63, 3.8) is 0 Å². The number of aryl methyl sites for hydroxylation is 2. The molecule has 0 saturated heterocycles. The van der Waals surface area contributed by atoms with Gasteiger partial charge in [-0.25, -0.2) is 18.1 Å². The Morgan fingerprint density at radius 1 is 1.61 bits per heavy atom. The summed E-state index contributed by atoms with van der Waals surface area (Å²) in [5.41, 5.74) is 5.44. The lowest BCUT2D eigenvalue weighted by atomic mass is 10.2. The largest absolute Gasteiger partial charge is 0.383 e. The third-order valence-corrected chi connectivity index (χ3v) is 3.96. The Labute approximate surface area is 107 Å². The summed E-state index contributed by atoms with van der Waals surface area (Å²) in [6.45, 7) is 2.41. The van der Waals surface area contributed by atoms with Crippen molar-refractivity contribution in [3.05, 3.63) is 12.0 Å². The lowest BCUT2D eigenvalue weighted by molar-refractivity contribution is 0.172. The standard InChI is InChI=1S/C10H20N4O3S/c1-8-12-10(6-14(8)2)18(15,16)13-9(4-5-11)7-17-3/h6,9,13H,4-5,7,11H2,1-3H3. The number of hydrogen-bond acceptors (Lipinski definition) is 5. The number of nitrogens with zero attached hydrogens (tertiary/aromatic N) is 2. The summed E-state index contributed by atoms with van der Waals surface area (Å²) < 4.78 is 33.3. The molecule has 0 aromatic carbocycles. The molecule has 1 aromatic rings. The fourth-order valence-electron chi connectivity index (χ4n) is 1.51. The predicted molar refractivity (Wildman–Crippen MR) is 67.6 cm³/mol. The average molecular weight is 276 g/mol. The van der Waals surface area contributed by atoms with Crippen molar-refractivity contribution in [1.82, 2.24) is 14.3 Å². The number of rotatable bonds is 7. The lowest BCUT2D eigenvalue weighted by Crippen LogP contribution is -2.39. The van der Waals surface area contributed by atoms with Gasteiger partial charge in [0.25, 0.3) is 10.0 Å². The van der Waals surface area contributed by atoms with Crippen LogP contribution in [0.25, 0.3) is 0 Å². The molecule has 1 rings (SSSR count). The molecular formula is C10H20N4O3S. The molecule has 0 aliphatic rings. The minimum Gasteiger partial charge on any atom is -0.383 e. The van der Waals surface area contributed by atoms with E-state index in [2.05, 4.69) is 9.71 Å². The molecule has 0 bridgehead atoms. The van der Waals surface area contributed by atoms with Crippen molar-refractivity contribution in [2.75, 3.05) is 20.3 Å². The van der Waals surface area contributed by atoms with Gasteiger partial charge in [0, 0.05) is 26.4 Å². The van der Waals surface area contributed by atoms with Crippen molar-refractivity contribution in [1.29, 1.82) is 0 Å². The Balaban J connectivity index is 2.85. The Kier molecular flexibility index (Phi) is 5.27. The second-order valence-electron chi connectivity index (χ2n) is 4.09. The second-order valence-corrected chi connectivity index (χ2v) is 5.75. The molecule has 0 spiro atoms. The summed E-state index contributed by atoms with van der Waals surface area (Å²) in [6.07, 6.45) is 1.99. The average Bonchev–Trinajstić information content (AvgIpc) is 2.60. The number of methoxy groups -OCH3 is 1. The third-order valence-electron chi connectivity index (χ3n) is 2.57. The minimum atomic E-state index is -3.62. The zero-order chi connectivity index (χ0) is 13.8. The normalized spacial score (nSPS) is 13.8. The van der Waals surface area contributed by atoms with Crippen molar-refractivity contribution in [3.8, 4) is 0 Å². The second kappa shape index (κ2) is 6.28. The maximum Gasteiger partial charge on any atom is 0.259 e. The number of aromatic nitrogens is 2. The van der Waals surface area contributed by atoms with E-state index in [1.807, 2.05) is 0 Å². The van der Waals surface area contributed by atoms with Crippen LogP contribution in [-0.4, -0.2) is 44.3 Å². The van der Waals surface area contributed by atoms with Crippen LogP contribution in [0.4, 0.5) is 0 Å². The Morgan fingerprint density at radius 3 is 2.72 bits per heavy atom. The summed E-state index contributed by atoms with van der Waals surface area (Å²) in [5.74, 6) is 0.637. The molecule has 8 heteroatoms. The van der Waals surface area contributed by atoms with Crippen LogP contribution in [0.5, 0.6) is 0 Å². The SMILES string of the molecule is COCC(CCN)NS(=O)(=O)c1cn(C)c(C)n1. The molecule has 0 saturated carbocycles. The van der Waals surface area contributed by atoms with E-state index in [0.717, 1.165) is 0 Å². The smallest absolute Gasteiger partial charge is 0.259 e. The number of nitrogens with one attached hydrogen (secondary N) is 1. The van der Waals surface area contributed by atoms with Crippen LogP contribution in [0.1, 0.15) is 12.2 Å². The Bertz CT molecular complexity index is 458. The van der Waals surface area contributed by atoms with Crippen LogP contribution in [0.3, 0.4) is 0 Å². The first-order chi connectivity index (χ1) is 8.40. The molecule has 0 radical (unpaired) electrons. The quantitative estimate of drug-likeness (QED) is 0.691. The molecule has 0 amide bonds. The summed E-state index contributed by atoms with van der Waals surface area (Å²) in [4.78, 5) is 4.00. The van der Waals surface area contributed by atoms with Crippen molar-refractivity contribution in [2.45, 2.75) is 24.4 Å². The van der Waals surface area contributed by atoms with E-state index in [4.69, 9.17) is 10.5 Å². The molecule has 0 aliphatic carbocycles. The Morgan fingerprint density at radius 2 is 2.28 bits per heavy atom. The van der Waals surface area contributed by atoms with Crippen LogP contribution in [0, 0.1) is 6.92 Å². The van der Waals surface area contributed by atoms with Gasteiger partial charge in [-0.2, -0.15) is 0 Å². The molecule has 1 aromatic heterocycles. The van der Waals surface area contributed by atoms with E-state index in [9.17, 15) is 8.42 Å². The van der Waals surface area contributed by atoms with Gasteiger partial charge in [0.2, 0.25) is 0 Å². The van der Waals surface area contributed by atoms with Gasteiger partial charge in [-0.15, -0.1) is 0 Å². The van der Waals surface area contributed by atoms with E-state index in [1.54, 1.807) is 18.5 Å². The van der Waals surface area contributed by atoms with Crippen LogP contribution in [-0.2, 0) is 21.8 Å². The Hall–Kier alpha value is -0.960. The van der Waals surface area contributed by atoms with Crippen LogP contribution < -0.4 is 10.5 Å². The first-order valence-corrected chi connectivity index (χ1v) is 7.10. The van der Waals surface area contributed by atoms with E-state index >= 15 is 0 Å². The van der Waals surface area contributed by atoms with Gasteiger partial charge >= 0.3 is 0 Å². The molecule has 1 unspecified atom stereocenters. The van der Waals surface area contributed by atoms with Gasteiger partial charge in [0.05, 0.1) is 6.61 Å². The maximum atomic E-state index is 12.1. The highest BCUT2D eigenvalue weighted by Crippen LogP contribution is 2.09. The van der Waals surface area contributed by atoms with Gasteiger partial charge in [0.15, 0.2) is 5.03 Å². The first-order valence-electron chi connectivity index (χ1n) is 5.62. The van der Waals surface area contributed by atoms with Gasteiger partial charge in [-0.1, -0.05) is 0 Å². The van der Waals surface area contributed by atoms with Crippen molar-refractivity contribution < 1.29 is 13.2 Å². The molecule has 0 aliphatic heterocycles. The fourth-order valence-corrected chi connectivity index (χ4v) is 2.81. The molecular weight excluding hydrogens is 256 g/mol. The highest BCUT2D eigenvalue weighted by atomic mass is 32.2. The third kappa shape index (κ3) is 3.77. The summed E-state index contributed by atoms with van der Waals surface area (Å²) in [5, 5.41) is 0.0145. The first kappa shape index (κ1) is 15.1. The zero-order valence-electron chi connectivity index (χ0n) is 10.9. The number of sulfonamides is 1. The fraction of sp³-hybridized carbons (Fsp3) is 0.700. The molecule has 1 atom stereocenters. The van der Waals surface area contributed by atoms with E-state index in [0.29, 0.717) is 18.8 Å². The predicted octanol–water partition coefficient (Wildman–Crippen LogP) is -0.629. The maximum absolute atomic E-state index is 12.1. The van der Waals surface area contributed by atoms with Gasteiger partial charge in [0.1, 0.15) is 5.82 Å². The van der Waals surface area contributed by atoms with Crippen molar-refractivity contribution in [2.24, 2.45) is 12.8 Å². The van der Waals surface area contributed by atoms with Crippen LogP contribution in [0.15, 0.2) is 11.2 Å². The molecule has 18 heavy (non-hydrogen) atoms. The molecule has 1 heterocycles. The summed E-state index contributed by atoms with van der Waals surface area (Å²) in [7, 11) is -0.363. The summed E-state index contributed by atoms with van der Waals surface area (Å²) in [6, 6.07) is -0.340. The van der Waals surface area contributed by atoms with Crippen LogP contribution in [0.2, 0.25) is 0 Å². The van der Waals surface area contributed by atoms with Gasteiger partial charge < -0.3 is 15.0 Å². The summed E-state index contributed by atoms with van der Waals surface area (Å²) >= 11 is 0. The minimum absolute atomic E-state index is 0.0145. The highest BCUT2D eigenvalue weighted by molar-refractivity contribution is 7.89. The van der Waals surface area contributed by atoms with Crippen molar-refractivity contribution >= 4 is 10.0 Å². The van der Waals surface area contributed by atoms with E-state index in [-0.39, 0.29) is 17.7 Å². The number of imidazole rings is 1. The van der Waals surface area contributed by atoms with Gasteiger partial charge in [-0.05, 0) is 19.9 Å². The molecule has 0 fully saturated rings. The molecule has 7 nitrogen and oxygen atoms in total. The number of hydrogen-bond donors (Lipinski definition) is 2.